The molecule has 0 aliphatic carbocycles. The van der Waals surface area contributed by atoms with Crippen LogP contribution in [0.1, 0.15) is 2.85 Å². The molecule has 0 saturated carbocycles. The zero-order valence-corrected chi connectivity index (χ0v) is 4.18. The van der Waals surface area contributed by atoms with Crippen LogP contribution in [0.2, 0.25) is 0 Å². The number of rotatable bonds is 0. The molecule has 0 fully saturated rings. The molecular weight excluding hydrogens is 80.3 g/mol. The maximum atomic E-state index is 9.00. The maximum Gasteiger partial charge on any atom is 2.00 e. The molecule has 0 rings (SSSR count). The summed E-state index contributed by atoms with van der Waals surface area (Å²) in [5, 5.41) is 0. The van der Waals surface area contributed by atoms with E-state index in [0.717, 1.165) is 0 Å². The topological polar surface area (TPSA) is 69.1 Å². The molecule has 0 spiro atoms. The Labute approximate surface area is 48.8 Å². The summed E-state index contributed by atoms with van der Waals surface area (Å²) in [4.78, 5) is 9.00. The van der Waals surface area contributed by atoms with Gasteiger partial charge in [-0.15, -0.1) is 0 Å². The van der Waals surface area contributed by atoms with Gasteiger partial charge in [-0.3, -0.25) is 0 Å². The molecule has 28 valence electrons. The van der Waals surface area contributed by atoms with E-state index in [9.17, 15) is 0 Å². The minimum absolute atomic E-state index is 0. The molecule has 0 radical (unpaired) electrons. The van der Waals surface area contributed by atoms with E-state index in [1.54, 1.807) is 0 Å². The van der Waals surface area contributed by atoms with Gasteiger partial charge in [0.2, 0.25) is 0 Å². The van der Waals surface area contributed by atoms with Crippen LogP contribution in [0.3, 0.4) is 0 Å². The van der Waals surface area contributed by atoms with E-state index >= 15 is 0 Å². The van der Waals surface area contributed by atoms with Gasteiger partial charge < -0.3 is 14.3 Å². The summed E-state index contributed by atoms with van der Waals surface area (Å²) in [6.07, 6.45) is 0. The van der Waals surface area contributed by atoms with Gasteiger partial charge in [-0.1, -0.05) is 0 Å². The second kappa shape index (κ2) is 4.04. The molecule has 0 aromatic rings. The summed E-state index contributed by atoms with van der Waals surface area (Å²) in [6.45, 7) is 0. The first-order valence-electron chi connectivity index (χ1n) is 0.781. The zero-order chi connectivity index (χ0) is 3.58. The molecule has 2 amide bonds. The Morgan fingerprint density at radius 1 is 1.60 bits per heavy atom. The Morgan fingerprint density at radius 2 is 1.60 bits per heavy atom. The molecule has 0 aliphatic heterocycles. The van der Waals surface area contributed by atoms with Gasteiger partial charge in [-0.25, -0.2) is 4.79 Å². The van der Waals surface area contributed by atoms with Gasteiger partial charge in [0.05, 0.1) is 0 Å². The summed E-state index contributed by atoms with van der Waals surface area (Å²) in [5.74, 6) is 0. The fraction of sp³-hybridized carbons (Fsp3) is 0. The molecular formula is CH6MgN2O. The van der Waals surface area contributed by atoms with Gasteiger partial charge in [-0.05, 0) is 0 Å². The van der Waals surface area contributed by atoms with Crippen molar-refractivity contribution in [2.45, 2.75) is 0 Å². The Morgan fingerprint density at radius 3 is 1.60 bits per heavy atom. The third-order valence-electron chi connectivity index (χ3n) is 0. The normalized spacial score (nSPS) is 4.80. The molecule has 0 aromatic heterocycles. The van der Waals surface area contributed by atoms with Crippen LogP contribution in [0.5, 0.6) is 0 Å². The largest absolute Gasteiger partial charge is 2.00 e. The van der Waals surface area contributed by atoms with E-state index < -0.39 is 6.03 Å². The standard InChI is InChI=1S/CH4N2O.Mg.2H/c2-1(3)4;;;/h(H4,2,3,4);;;/q;+2;2*-1. The summed E-state index contributed by atoms with van der Waals surface area (Å²) in [7, 11) is 0. The number of urea groups is 1. The smallest absolute Gasteiger partial charge is 1.00 e. The fourth-order valence-corrected chi connectivity index (χ4v) is 0. The van der Waals surface area contributed by atoms with Crippen molar-refractivity contribution in [2.75, 3.05) is 0 Å². The average molecular weight is 86.4 g/mol. The summed E-state index contributed by atoms with van der Waals surface area (Å²) in [5.41, 5.74) is 8.50. The minimum atomic E-state index is -0.833. The van der Waals surface area contributed by atoms with Crippen LogP contribution in [0.15, 0.2) is 0 Å². The first-order valence-corrected chi connectivity index (χ1v) is 0.781. The molecule has 4 heteroatoms. The molecule has 0 saturated heterocycles. The van der Waals surface area contributed by atoms with Crippen molar-refractivity contribution < 1.29 is 7.65 Å². The van der Waals surface area contributed by atoms with Crippen molar-refractivity contribution in [3.8, 4) is 0 Å². The van der Waals surface area contributed by atoms with E-state index in [4.69, 9.17) is 4.79 Å². The second-order valence-corrected chi connectivity index (χ2v) is 0.402. The molecule has 0 heterocycles. The number of carbonyl (C=O) groups excluding carboxylic acids is 1. The van der Waals surface area contributed by atoms with Gasteiger partial charge in [0.15, 0.2) is 0 Å². The zero-order valence-electron chi connectivity index (χ0n) is 4.77. The molecule has 0 atom stereocenters. The van der Waals surface area contributed by atoms with Gasteiger partial charge in [0.1, 0.15) is 0 Å². The first-order chi connectivity index (χ1) is 1.73. The van der Waals surface area contributed by atoms with Gasteiger partial charge in [0.25, 0.3) is 0 Å². The minimum Gasteiger partial charge on any atom is -1.00 e. The number of nitrogens with two attached hydrogens (primary N) is 2. The Hall–Kier alpha value is 0.0362. The van der Waals surface area contributed by atoms with E-state index in [2.05, 4.69) is 11.5 Å². The van der Waals surface area contributed by atoms with E-state index in [-0.39, 0.29) is 25.9 Å². The van der Waals surface area contributed by atoms with Crippen LogP contribution in [-0.2, 0) is 0 Å². The fourth-order valence-electron chi connectivity index (χ4n) is 0. The number of hydrogen-bond acceptors (Lipinski definition) is 1. The van der Waals surface area contributed by atoms with Crippen molar-refractivity contribution in [1.82, 2.24) is 0 Å². The van der Waals surface area contributed by atoms with Crippen LogP contribution in [0.25, 0.3) is 0 Å². The molecule has 0 aliphatic rings. The molecule has 4 N–H and O–H groups in total. The molecule has 0 bridgehead atoms. The van der Waals surface area contributed by atoms with E-state index in [1.807, 2.05) is 0 Å². The third-order valence-corrected chi connectivity index (χ3v) is 0. The van der Waals surface area contributed by atoms with Crippen LogP contribution in [0.4, 0.5) is 4.79 Å². The summed E-state index contributed by atoms with van der Waals surface area (Å²) < 4.78 is 0. The number of hydrogen-bond donors (Lipinski definition) is 2. The number of amides is 2. The average Bonchev–Trinajstić information content (AvgIpc) is 0.811. The number of primary amides is 2. The third kappa shape index (κ3) is 12700. The predicted molar refractivity (Wildman–Crippen MR) is 21.7 cm³/mol. The van der Waals surface area contributed by atoms with E-state index in [1.165, 1.54) is 0 Å². The van der Waals surface area contributed by atoms with Crippen LogP contribution in [0, 0.1) is 0 Å². The molecule has 5 heavy (non-hydrogen) atoms. The predicted octanol–water partition coefficient (Wildman–Crippen LogP) is -1.13. The van der Waals surface area contributed by atoms with Crippen LogP contribution < -0.4 is 11.5 Å². The van der Waals surface area contributed by atoms with Crippen molar-refractivity contribution in [1.29, 1.82) is 0 Å². The van der Waals surface area contributed by atoms with Crippen molar-refractivity contribution in [3.05, 3.63) is 0 Å². The van der Waals surface area contributed by atoms with Gasteiger partial charge >= 0.3 is 29.1 Å². The summed E-state index contributed by atoms with van der Waals surface area (Å²) in [6, 6.07) is -0.833. The van der Waals surface area contributed by atoms with E-state index in [0.29, 0.717) is 0 Å². The van der Waals surface area contributed by atoms with Crippen LogP contribution >= 0.6 is 0 Å². The Balaban J connectivity index is -0.0000000150. The molecule has 3 nitrogen and oxygen atoms in total. The molecule has 0 unspecified atom stereocenters. The van der Waals surface area contributed by atoms with Crippen LogP contribution in [-0.4, -0.2) is 29.1 Å². The van der Waals surface area contributed by atoms with Crippen molar-refractivity contribution in [3.63, 3.8) is 0 Å². The van der Waals surface area contributed by atoms with Gasteiger partial charge in [-0.2, -0.15) is 0 Å². The number of carbonyl (C=O) groups is 1. The maximum absolute atomic E-state index is 9.00. The monoisotopic (exact) mass is 86.0 g/mol. The SMILES string of the molecule is NC(N)=O.[H-].[H-].[Mg+2]. The van der Waals surface area contributed by atoms with Gasteiger partial charge in [0, 0.05) is 0 Å². The second-order valence-electron chi connectivity index (χ2n) is 0.402. The molecule has 0 aromatic carbocycles. The summed E-state index contributed by atoms with van der Waals surface area (Å²) >= 11 is 0. The Kier molecular flexibility index (Phi) is 7.18. The first kappa shape index (κ1) is 8.90. The Bertz CT molecular complexity index is 38.7. The quantitative estimate of drug-likeness (QED) is 0.360. The van der Waals surface area contributed by atoms with Crippen molar-refractivity contribution >= 4 is 29.1 Å². The van der Waals surface area contributed by atoms with Crippen molar-refractivity contribution in [2.24, 2.45) is 11.5 Å².